The first-order valence-corrected chi connectivity index (χ1v) is 23.8. The molecular formula is C34H60O4Si3. The third kappa shape index (κ3) is 4.74. The average molecular weight is 617 g/mol. The van der Waals surface area contributed by atoms with Gasteiger partial charge in [0.15, 0.2) is 8.32 Å². The van der Waals surface area contributed by atoms with Crippen molar-refractivity contribution < 1.29 is 17.7 Å². The highest BCUT2D eigenvalue weighted by atomic mass is 28.5. The molecule has 6 saturated carbocycles. The molecule has 7 heteroatoms. The van der Waals surface area contributed by atoms with Crippen LogP contribution in [0.2, 0.25) is 28.2 Å². The lowest BCUT2D eigenvalue weighted by Gasteiger charge is -2.59. The molecule has 0 aromatic rings. The van der Waals surface area contributed by atoms with E-state index in [1.54, 1.807) is 0 Å². The number of ether oxygens (including phenoxy) is 2. The molecule has 0 radical (unpaired) electrons. The maximum Gasteiger partial charge on any atom is 0.329 e. The predicted octanol–water partition coefficient (Wildman–Crippen LogP) is 8.07. The van der Waals surface area contributed by atoms with Gasteiger partial charge >= 0.3 is 8.56 Å². The minimum atomic E-state index is -2.43. The Hall–Kier alpha value is 0.491. The SMILES string of the molecule is CC(CCC1CCC2OC2C1)(CCC1CCC2OC2C1)[Si](C)(C)O[Si](O[SiH3])(C12CCC(CC1)C2)C12CCC(CC1)C2. The summed E-state index contributed by atoms with van der Waals surface area (Å²) in [6.45, 7) is 8.10. The average Bonchev–Trinajstić information content (AvgIpc) is 3.67. The monoisotopic (exact) mass is 616 g/mol. The van der Waals surface area contributed by atoms with Crippen molar-refractivity contribution in [1.82, 2.24) is 0 Å². The molecule has 6 atom stereocenters. The minimum absolute atomic E-state index is 0.314. The number of fused-ring (bicyclic) bond motifs is 6. The zero-order valence-electron chi connectivity index (χ0n) is 26.9. The van der Waals surface area contributed by atoms with E-state index < -0.39 is 16.9 Å². The lowest BCUT2D eigenvalue weighted by atomic mass is 9.81. The second-order valence-corrected chi connectivity index (χ2v) is 27.7. The highest BCUT2D eigenvalue weighted by Gasteiger charge is 2.74. The Morgan fingerprint density at radius 2 is 1.17 bits per heavy atom. The fraction of sp³-hybridized carbons (Fsp3) is 1.00. The van der Waals surface area contributed by atoms with E-state index in [4.69, 9.17) is 17.7 Å². The van der Waals surface area contributed by atoms with Gasteiger partial charge in [-0.2, -0.15) is 0 Å². The maximum absolute atomic E-state index is 8.33. The molecule has 4 nitrogen and oxygen atoms in total. The van der Waals surface area contributed by atoms with Crippen LogP contribution in [0.15, 0.2) is 0 Å². The van der Waals surface area contributed by atoms with Gasteiger partial charge in [0.2, 0.25) is 0 Å². The van der Waals surface area contributed by atoms with Crippen LogP contribution in [0.5, 0.6) is 0 Å². The smallest absolute Gasteiger partial charge is 0.329 e. The molecule has 4 bridgehead atoms. The summed E-state index contributed by atoms with van der Waals surface area (Å²) in [4.78, 5) is 0. The van der Waals surface area contributed by atoms with E-state index in [0.29, 0.717) is 39.5 Å². The third-order valence-electron chi connectivity index (χ3n) is 15.5. The molecule has 232 valence electrons. The quantitative estimate of drug-likeness (QED) is 0.164. The van der Waals surface area contributed by atoms with Crippen LogP contribution in [0.3, 0.4) is 0 Å². The second-order valence-electron chi connectivity index (χ2n) is 17.7. The molecule has 0 aromatic carbocycles. The van der Waals surface area contributed by atoms with Gasteiger partial charge in [-0.15, -0.1) is 0 Å². The summed E-state index contributed by atoms with van der Waals surface area (Å²) >= 11 is 0. The largest absolute Gasteiger partial charge is 0.444 e. The maximum atomic E-state index is 8.33. The van der Waals surface area contributed by atoms with Crippen LogP contribution in [0.1, 0.15) is 135 Å². The molecular weight excluding hydrogens is 557 g/mol. The first-order chi connectivity index (χ1) is 19.7. The summed E-state index contributed by atoms with van der Waals surface area (Å²) in [5.41, 5.74) is 0. The van der Waals surface area contributed by atoms with E-state index in [0.717, 1.165) is 34.2 Å². The standard InChI is InChI=1S/C34H60O4Si3/c1-32(14-8-24-4-6-28-30(20-24)35-28,15-9-25-5-7-29-31(21-25)36-29)40(2,3)38-41(37-39,33-16-10-26(22-33)11-17-33)34-18-12-27(23-34)13-19-34/h24-31H,4-23H2,1-3,39H3. The van der Waals surface area contributed by atoms with Gasteiger partial charge in [0.1, 0.15) is 10.5 Å². The van der Waals surface area contributed by atoms with Crippen LogP contribution in [-0.2, 0) is 17.7 Å². The highest BCUT2D eigenvalue weighted by molar-refractivity contribution is 6.88. The lowest BCUT2D eigenvalue weighted by Crippen LogP contribution is -2.66. The van der Waals surface area contributed by atoms with E-state index in [9.17, 15) is 0 Å². The van der Waals surface area contributed by atoms with E-state index in [-0.39, 0.29) is 0 Å². The topological polar surface area (TPSA) is 43.5 Å². The van der Waals surface area contributed by atoms with Crippen molar-refractivity contribution in [2.75, 3.05) is 0 Å². The summed E-state index contributed by atoms with van der Waals surface area (Å²) in [5, 5.41) is 1.16. The molecule has 6 aliphatic carbocycles. The van der Waals surface area contributed by atoms with E-state index in [1.807, 2.05) is 0 Å². The Morgan fingerprint density at radius 3 is 1.54 bits per heavy atom. The molecule has 8 rings (SSSR count). The van der Waals surface area contributed by atoms with Gasteiger partial charge in [-0.1, -0.05) is 45.4 Å². The fourth-order valence-corrected chi connectivity index (χ4v) is 28.1. The van der Waals surface area contributed by atoms with Gasteiger partial charge in [-0.05, 0) is 132 Å². The van der Waals surface area contributed by atoms with Crippen LogP contribution in [0.4, 0.5) is 0 Å². The molecule has 2 saturated heterocycles. The van der Waals surface area contributed by atoms with E-state index in [1.165, 1.54) is 128 Å². The highest BCUT2D eigenvalue weighted by Crippen LogP contribution is 2.76. The number of hydrogen-bond donors (Lipinski definition) is 0. The Kier molecular flexibility index (Phi) is 7.23. The van der Waals surface area contributed by atoms with Crippen LogP contribution in [-0.4, -0.2) is 51.8 Å². The van der Waals surface area contributed by atoms with Crippen molar-refractivity contribution in [3.8, 4) is 0 Å². The van der Waals surface area contributed by atoms with Crippen LogP contribution in [0, 0.1) is 23.7 Å². The van der Waals surface area contributed by atoms with Crippen molar-refractivity contribution >= 4 is 27.4 Å². The normalized spacial score (nSPS) is 49.0. The molecule has 2 aliphatic heterocycles. The second kappa shape index (κ2) is 10.2. The zero-order valence-corrected chi connectivity index (χ0v) is 30.9. The first-order valence-electron chi connectivity index (χ1n) is 18.2. The lowest BCUT2D eigenvalue weighted by molar-refractivity contribution is 0.234. The molecule has 8 aliphatic rings. The first kappa shape index (κ1) is 28.9. The Balaban J connectivity index is 1.08. The van der Waals surface area contributed by atoms with Crippen molar-refractivity contribution in [2.24, 2.45) is 23.7 Å². The number of rotatable bonds is 12. The Labute approximate surface area is 256 Å². The van der Waals surface area contributed by atoms with Crippen molar-refractivity contribution in [1.29, 1.82) is 0 Å². The molecule has 0 spiro atoms. The summed E-state index contributed by atoms with van der Waals surface area (Å²) in [5.74, 6) is 3.66. The molecule has 41 heavy (non-hydrogen) atoms. The summed E-state index contributed by atoms with van der Waals surface area (Å²) in [6.07, 6.45) is 30.4. The predicted molar refractivity (Wildman–Crippen MR) is 173 cm³/mol. The number of hydrogen-bond acceptors (Lipinski definition) is 4. The molecule has 0 amide bonds. The summed E-state index contributed by atoms with van der Waals surface area (Å²) in [7, 11) is -3.69. The molecule has 8 fully saturated rings. The van der Waals surface area contributed by atoms with E-state index in [2.05, 4.69) is 20.0 Å². The Bertz CT molecular complexity index is 924. The van der Waals surface area contributed by atoms with Gasteiger partial charge in [-0.25, -0.2) is 0 Å². The fourth-order valence-electron chi connectivity index (χ4n) is 12.3. The molecule has 2 heterocycles. The third-order valence-corrected chi connectivity index (χ3v) is 28.6. The Morgan fingerprint density at radius 1 is 0.707 bits per heavy atom. The van der Waals surface area contributed by atoms with Gasteiger partial charge in [0.05, 0.1) is 24.4 Å². The molecule has 6 unspecified atom stereocenters. The van der Waals surface area contributed by atoms with Gasteiger partial charge in [-0.3, -0.25) is 0 Å². The minimum Gasteiger partial charge on any atom is -0.444 e. The van der Waals surface area contributed by atoms with Crippen LogP contribution >= 0.6 is 0 Å². The summed E-state index contributed by atoms with van der Waals surface area (Å²) < 4.78 is 27.6. The van der Waals surface area contributed by atoms with Crippen LogP contribution < -0.4 is 0 Å². The van der Waals surface area contributed by atoms with Gasteiger partial charge in [0.25, 0.3) is 0 Å². The van der Waals surface area contributed by atoms with Crippen LogP contribution in [0.25, 0.3) is 0 Å². The zero-order chi connectivity index (χ0) is 28.1. The van der Waals surface area contributed by atoms with E-state index >= 15 is 0 Å². The molecule has 0 aromatic heterocycles. The summed E-state index contributed by atoms with van der Waals surface area (Å²) in [6, 6.07) is 0. The van der Waals surface area contributed by atoms with Crippen molar-refractivity contribution in [2.45, 2.75) is 188 Å². The van der Waals surface area contributed by atoms with Gasteiger partial charge in [0, 0.05) is 10.1 Å². The van der Waals surface area contributed by atoms with Gasteiger partial charge < -0.3 is 17.7 Å². The number of epoxide rings is 2. The molecule has 0 N–H and O–H groups in total. The van der Waals surface area contributed by atoms with Crippen molar-refractivity contribution in [3.05, 3.63) is 0 Å². The van der Waals surface area contributed by atoms with Crippen molar-refractivity contribution in [3.63, 3.8) is 0 Å².